The molecule has 0 N–H and O–H groups in total. The third-order valence-corrected chi connectivity index (χ3v) is 1.17. The summed E-state index contributed by atoms with van der Waals surface area (Å²) < 4.78 is 12.1. The Morgan fingerprint density at radius 3 is 2.40 bits per heavy atom. The van der Waals surface area contributed by atoms with Crippen LogP contribution in [0.3, 0.4) is 0 Å². The fourth-order valence-corrected chi connectivity index (χ4v) is 0.719. The highest BCUT2D eigenvalue weighted by molar-refractivity contribution is 7.79. The Labute approximate surface area is 66.4 Å². The van der Waals surface area contributed by atoms with E-state index < -0.39 is 0 Å². The Morgan fingerprint density at radius 2 is 2.00 bits per heavy atom. The molecule has 0 spiro atoms. The van der Waals surface area contributed by atoms with Gasteiger partial charge in [0.1, 0.15) is 0 Å². The Balaban J connectivity index is 3.91. The van der Waals surface area contributed by atoms with Crippen molar-refractivity contribution in [3.05, 3.63) is 23.6 Å². The van der Waals surface area contributed by atoms with Gasteiger partial charge >= 0.3 is 0 Å². The summed E-state index contributed by atoms with van der Waals surface area (Å²) >= 11 is 4.63. The molecule has 0 nitrogen and oxygen atoms in total. The Morgan fingerprint density at radius 1 is 1.40 bits per heavy atom. The van der Waals surface area contributed by atoms with Gasteiger partial charge in [0.05, 0.1) is 5.83 Å². The first-order valence-corrected chi connectivity index (χ1v) is 3.57. The standard InChI is InChI=1S/C8H11FS/c1-7(5-6-10)3-4-8(2)9/h3-4,6H,5H2,1-2H3/b7-3+,8-4?. The van der Waals surface area contributed by atoms with E-state index in [9.17, 15) is 4.39 Å². The molecule has 0 aromatic rings. The van der Waals surface area contributed by atoms with Gasteiger partial charge in [-0.15, -0.1) is 0 Å². The molecule has 0 aromatic heterocycles. The van der Waals surface area contributed by atoms with Crippen LogP contribution in [0.1, 0.15) is 20.3 Å². The van der Waals surface area contributed by atoms with E-state index in [-0.39, 0.29) is 5.83 Å². The zero-order valence-electron chi connectivity index (χ0n) is 6.23. The van der Waals surface area contributed by atoms with Crippen molar-refractivity contribution in [3.8, 4) is 0 Å². The highest BCUT2D eigenvalue weighted by Crippen LogP contribution is 2.00. The SMILES string of the molecule is CC(F)=C/C=C(\C)CC=S. The van der Waals surface area contributed by atoms with Crippen LogP contribution in [0.2, 0.25) is 0 Å². The van der Waals surface area contributed by atoms with Crippen molar-refractivity contribution in [1.82, 2.24) is 0 Å². The molecule has 0 saturated heterocycles. The third-order valence-electron chi connectivity index (χ3n) is 1.00. The van der Waals surface area contributed by atoms with Crippen LogP contribution in [-0.4, -0.2) is 5.37 Å². The molecule has 0 aliphatic heterocycles. The van der Waals surface area contributed by atoms with Gasteiger partial charge in [-0.25, -0.2) is 4.39 Å². The maximum atomic E-state index is 12.1. The average molecular weight is 158 g/mol. The molecule has 0 heterocycles. The molecule has 0 aliphatic rings. The van der Waals surface area contributed by atoms with E-state index in [0.717, 1.165) is 12.0 Å². The molecule has 2 heteroatoms. The monoisotopic (exact) mass is 158 g/mol. The molecule has 0 atom stereocenters. The van der Waals surface area contributed by atoms with Gasteiger partial charge in [0.15, 0.2) is 0 Å². The molecule has 0 fully saturated rings. The molecule has 0 aromatic carbocycles. The Bertz CT molecular complexity index is 164. The van der Waals surface area contributed by atoms with Crippen molar-refractivity contribution in [1.29, 1.82) is 0 Å². The minimum absolute atomic E-state index is 0.177. The van der Waals surface area contributed by atoms with E-state index in [2.05, 4.69) is 12.2 Å². The van der Waals surface area contributed by atoms with Crippen LogP contribution in [0.25, 0.3) is 0 Å². The first-order valence-electron chi connectivity index (χ1n) is 3.10. The van der Waals surface area contributed by atoms with Crippen molar-refractivity contribution in [2.75, 3.05) is 0 Å². The van der Waals surface area contributed by atoms with E-state index in [1.165, 1.54) is 13.0 Å². The van der Waals surface area contributed by atoms with Crippen LogP contribution >= 0.6 is 12.2 Å². The van der Waals surface area contributed by atoms with Gasteiger partial charge in [0.25, 0.3) is 0 Å². The number of allylic oxidation sites excluding steroid dienone is 4. The zero-order chi connectivity index (χ0) is 7.98. The number of hydrogen-bond donors (Lipinski definition) is 0. The first kappa shape index (κ1) is 9.50. The number of halogens is 1. The normalized spacial score (nSPS) is 13.5. The highest BCUT2D eigenvalue weighted by Gasteiger charge is 1.82. The first-order chi connectivity index (χ1) is 4.66. The van der Waals surface area contributed by atoms with Crippen molar-refractivity contribution < 1.29 is 4.39 Å². The van der Waals surface area contributed by atoms with Gasteiger partial charge in [-0.1, -0.05) is 23.9 Å². The highest BCUT2D eigenvalue weighted by atomic mass is 32.1. The van der Waals surface area contributed by atoms with Gasteiger partial charge in [-0.2, -0.15) is 0 Å². The summed E-state index contributed by atoms with van der Waals surface area (Å²) in [6.45, 7) is 3.34. The molecule has 0 radical (unpaired) electrons. The fraction of sp³-hybridized carbons (Fsp3) is 0.375. The minimum Gasteiger partial charge on any atom is -0.212 e. The lowest BCUT2D eigenvalue weighted by molar-refractivity contribution is 0.640. The summed E-state index contributed by atoms with van der Waals surface area (Å²) in [7, 11) is 0. The second-order valence-corrected chi connectivity index (χ2v) is 2.47. The molecule has 56 valence electrons. The van der Waals surface area contributed by atoms with Crippen LogP contribution in [0.15, 0.2) is 23.6 Å². The van der Waals surface area contributed by atoms with E-state index in [1.54, 1.807) is 11.4 Å². The molecule has 10 heavy (non-hydrogen) atoms. The van der Waals surface area contributed by atoms with Crippen molar-refractivity contribution in [2.24, 2.45) is 0 Å². The van der Waals surface area contributed by atoms with Crippen LogP contribution in [0.4, 0.5) is 4.39 Å². The quantitative estimate of drug-likeness (QED) is 0.449. The molecular weight excluding hydrogens is 147 g/mol. The van der Waals surface area contributed by atoms with Crippen molar-refractivity contribution in [3.63, 3.8) is 0 Å². The van der Waals surface area contributed by atoms with Crippen LogP contribution in [0, 0.1) is 0 Å². The van der Waals surface area contributed by atoms with Crippen molar-refractivity contribution in [2.45, 2.75) is 20.3 Å². The van der Waals surface area contributed by atoms with E-state index >= 15 is 0 Å². The van der Waals surface area contributed by atoms with Gasteiger partial charge in [-0.05, 0) is 31.7 Å². The van der Waals surface area contributed by atoms with E-state index in [0.29, 0.717) is 0 Å². The average Bonchev–Trinajstić information content (AvgIpc) is 1.85. The smallest absolute Gasteiger partial charge is 0.0968 e. The molecule has 0 unspecified atom stereocenters. The number of hydrogen-bond acceptors (Lipinski definition) is 1. The van der Waals surface area contributed by atoms with Crippen LogP contribution < -0.4 is 0 Å². The summed E-state index contributed by atoms with van der Waals surface area (Å²) in [5, 5.41) is 1.63. The number of thiocarbonyl (C=S) groups is 1. The Kier molecular flexibility index (Phi) is 5.03. The minimum atomic E-state index is -0.177. The van der Waals surface area contributed by atoms with Gasteiger partial charge in [0, 0.05) is 0 Å². The van der Waals surface area contributed by atoms with Crippen LogP contribution in [0.5, 0.6) is 0 Å². The summed E-state index contributed by atoms with van der Waals surface area (Å²) in [4.78, 5) is 0. The molecule has 0 saturated carbocycles. The molecule has 0 bridgehead atoms. The maximum Gasteiger partial charge on any atom is 0.0968 e. The van der Waals surface area contributed by atoms with E-state index in [1.807, 2.05) is 6.92 Å². The molecule has 0 amide bonds. The second kappa shape index (κ2) is 5.30. The molecular formula is C8H11FS. The predicted molar refractivity (Wildman–Crippen MR) is 46.9 cm³/mol. The van der Waals surface area contributed by atoms with Gasteiger partial charge < -0.3 is 0 Å². The summed E-state index contributed by atoms with van der Waals surface area (Å²) in [6, 6.07) is 0. The summed E-state index contributed by atoms with van der Waals surface area (Å²) in [6.07, 6.45) is 3.92. The second-order valence-electron chi connectivity index (χ2n) is 2.14. The molecule has 0 aliphatic carbocycles. The van der Waals surface area contributed by atoms with Gasteiger partial charge in [0.2, 0.25) is 0 Å². The summed E-state index contributed by atoms with van der Waals surface area (Å²) in [5.74, 6) is -0.177. The zero-order valence-corrected chi connectivity index (χ0v) is 7.04. The lowest BCUT2D eigenvalue weighted by Crippen LogP contribution is -1.74. The predicted octanol–water partition coefficient (Wildman–Crippen LogP) is 3.20. The number of rotatable bonds is 3. The maximum absolute atomic E-state index is 12.1. The topological polar surface area (TPSA) is 0 Å². The van der Waals surface area contributed by atoms with Crippen molar-refractivity contribution >= 4 is 17.6 Å². The Hall–Kier alpha value is -0.500. The van der Waals surface area contributed by atoms with Crippen LogP contribution in [-0.2, 0) is 0 Å². The third kappa shape index (κ3) is 5.63. The molecule has 0 rings (SSSR count). The summed E-state index contributed by atoms with van der Waals surface area (Å²) in [5.41, 5.74) is 1.08. The lowest BCUT2D eigenvalue weighted by atomic mass is 10.2. The van der Waals surface area contributed by atoms with Gasteiger partial charge in [-0.3, -0.25) is 0 Å². The lowest BCUT2D eigenvalue weighted by Gasteiger charge is -1.89. The largest absolute Gasteiger partial charge is 0.212 e. The fourth-order valence-electron chi connectivity index (χ4n) is 0.457. The van der Waals surface area contributed by atoms with E-state index in [4.69, 9.17) is 0 Å².